The van der Waals surface area contributed by atoms with Crippen LogP contribution in [0.2, 0.25) is 0 Å². The number of hydrogen-bond donors (Lipinski definition) is 2. The highest BCUT2D eigenvalue weighted by atomic mass is 19.4. The summed E-state index contributed by atoms with van der Waals surface area (Å²) >= 11 is 0. The van der Waals surface area contributed by atoms with Crippen molar-refractivity contribution in [1.82, 2.24) is 10.3 Å². The van der Waals surface area contributed by atoms with E-state index in [9.17, 15) is 23.1 Å². The van der Waals surface area contributed by atoms with E-state index in [4.69, 9.17) is 14.2 Å². The van der Waals surface area contributed by atoms with Crippen molar-refractivity contribution in [2.45, 2.75) is 25.1 Å². The summed E-state index contributed by atoms with van der Waals surface area (Å²) in [4.78, 5) is 11.1. The molecule has 0 unspecified atom stereocenters. The highest BCUT2D eigenvalue weighted by Crippen LogP contribution is 2.46. The number of carboxylic acids is 1. The van der Waals surface area contributed by atoms with E-state index in [0.29, 0.717) is 35.2 Å². The largest absolute Gasteiger partial charge is 0.479 e. The number of nitrogens with zero attached hydrogens (tertiary/aromatic N) is 2. The molecule has 5 rings (SSSR count). The van der Waals surface area contributed by atoms with Gasteiger partial charge in [-0.25, -0.2) is 4.79 Å². The predicted molar refractivity (Wildman–Crippen MR) is 108 cm³/mol. The number of aromatic nitrogens is 2. The third-order valence-electron chi connectivity index (χ3n) is 5.59. The van der Waals surface area contributed by atoms with E-state index in [1.807, 2.05) is 0 Å². The molecule has 1 atom stereocenters. The topological polar surface area (TPSA) is 110 Å². The molecule has 1 aliphatic rings. The molecule has 10 heteroatoms. The second kappa shape index (κ2) is 7.59. The standard InChI is InChI=1S/C23H15F3N2O5/c24-23(25,26)16-18(28-32-20(16)11-4-2-1-3-5-11)21-15-9-6-12-10-13(19(29)22(30)31)7-8-14(12)17(15)27-33-21/h1-5,7-8,10,19,29H,6,9H2,(H,30,31)/t19-/m0/s1. The normalized spacial score (nSPS) is 13.9. The maximum Gasteiger partial charge on any atom is 0.422 e. The molecular formula is C23H15F3N2O5. The molecule has 2 aromatic heterocycles. The summed E-state index contributed by atoms with van der Waals surface area (Å²) < 4.78 is 52.6. The van der Waals surface area contributed by atoms with Crippen LogP contribution in [-0.2, 0) is 23.8 Å². The summed E-state index contributed by atoms with van der Waals surface area (Å²) in [6.45, 7) is 0. The number of aliphatic hydroxyl groups is 1. The predicted octanol–water partition coefficient (Wildman–Crippen LogP) is 4.90. The first kappa shape index (κ1) is 21.0. The Labute approximate surface area is 184 Å². The van der Waals surface area contributed by atoms with Crippen LogP contribution < -0.4 is 0 Å². The number of alkyl halides is 3. The zero-order valence-electron chi connectivity index (χ0n) is 16.8. The van der Waals surface area contributed by atoms with Crippen molar-refractivity contribution in [3.63, 3.8) is 0 Å². The summed E-state index contributed by atoms with van der Waals surface area (Å²) in [7, 11) is 0. The molecule has 0 saturated heterocycles. The van der Waals surface area contributed by atoms with Crippen LogP contribution in [0.5, 0.6) is 0 Å². The van der Waals surface area contributed by atoms with Crippen molar-refractivity contribution in [3.8, 4) is 34.0 Å². The van der Waals surface area contributed by atoms with Crippen molar-refractivity contribution in [3.05, 3.63) is 70.8 Å². The van der Waals surface area contributed by atoms with Crippen LogP contribution in [0, 0.1) is 0 Å². The minimum Gasteiger partial charge on any atom is -0.479 e. The van der Waals surface area contributed by atoms with E-state index < -0.39 is 35.3 Å². The molecule has 2 heterocycles. The number of fused-ring (bicyclic) bond motifs is 3. The first-order valence-corrected chi connectivity index (χ1v) is 9.91. The molecule has 0 bridgehead atoms. The lowest BCUT2D eigenvalue weighted by Gasteiger charge is -2.17. The van der Waals surface area contributed by atoms with E-state index in [1.54, 1.807) is 30.3 Å². The Balaban J connectivity index is 1.62. The SMILES string of the molecule is O=C(O)[C@@H](O)c1ccc2c(c1)CCc1c-2noc1-c1noc(-c2ccccc2)c1C(F)(F)F. The van der Waals surface area contributed by atoms with E-state index >= 15 is 0 Å². The quantitative estimate of drug-likeness (QED) is 0.450. The van der Waals surface area contributed by atoms with Crippen LogP contribution in [0.15, 0.2) is 57.6 Å². The number of carboxylic acid groups (broad SMARTS) is 1. The van der Waals surface area contributed by atoms with Crippen LogP contribution >= 0.6 is 0 Å². The molecule has 0 spiro atoms. The van der Waals surface area contributed by atoms with Crippen molar-refractivity contribution in [1.29, 1.82) is 0 Å². The number of halogens is 3. The second-order valence-electron chi connectivity index (χ2n) is 7.60. The lowest BCUT2D eigenvalue weighted by molar-refractivity contribution is -0.147. The van der Waals surface area contributed by atoms with Crippen LogP contribution in [0.1, 0.15) is 28.4 Å². The van der Waals surface area contributed by atoms with E-state index in [0.717, 1.165) is 0 Å². The molecule has 0 radical (unpaired) electrons. The van der Waals surface area contributed by atoms with Gasteiger partial charge in [0.05, 0.1) is 0 Å². The highest BCUT2D eigenvalue weighted by molar-refractivity contribution is 5.80. The van der Waals surface area contributed by atoms with Gasteiger partial charge in [0.1, 0.15) is 11.3 Å². The fourth-order valence-electron chi connectivity index (χ4n) is 4.06. The molecule has 0 amide bonds. The van der Waals surface area contributed by atoms with Gasteiger partial charge >= 0.3 is 12.1 Å². The number of hydrogen-bond acceptors (Lipinski definition) is 6. The minimum atomic E-state index is -4.76. The molecule has 2 N–H and O–H groups in total. The molecule has 168 valence electrons. The number of aliphatic carboxylic acids is 1. The molecule has 33 heavy (non-hydrogen) atoms. The van der Waals surface area contributed by atoms with Gasteiger partial charge in [-0.05, 0) is 24.0 Å². The Kier molecular flexibility index (Phi) is 4.82. The van der Waals surface area contributed by atoms with E-state index in [2.05, 4.69) is 10.3 Å². The van der Waals surface area contributed by atoms with Crippen LogP contribution in [0.3, 0.4) is 0 Å². The Morgan fingerprint density at radius 1 is 0.970 bits per heavy atom. The number of aliphatic hydroxyl groups excluding tert-OH is 1. The molecule has 2 aromatic carbocycles. The fraction of sp³-hybridized carbons (Fsp3) is 0.174. The Hall–Kier alpha value is -3.92. The fourth-order valence-corrected chi connectivity index (χ4v) is 4.06. The second-order valence-corrected chi connectivity index (χ2v) is 7.60. The smallest absolute Gasteiger partial charge is 0.422 e. The molecule has 7 nitrogen and oxygen atoms in total. The van der Waals surface area contributed by atoms with Crippen molar-refractivity contribution in [2.24, 2.45) is 0 Å². The van der Waals surface area contributed by atoms with Gasteiger partial charge < -0.3 is 19.3 Å². The van der Waals surface area contributed by atoms with Crippen molar-refractivity contribution >= 4 is 5.97 Å². The Bertz CT molecular complexity index is 1360. The number of aryl methyl sites for hydroxylation is 1. The van der Waals surface area contributed by atoms with Gasteiger partial charge in [-0.15, -0.1) is 0 Å². The van der Waals surface area contributed by atoms with Gasteiger partial charge in [0, 0.05) is 16.7 Å². The monoisotopic (exact) mass is 456 g/mol. The summed E-state index contributed by atoms with van der Waals surface area (Å²) in [6, 6.07) is 12.4. The van der Waals surface area contributed by atoms with E-state index in [-0.39, 0.29) is 16.9 Å². The lowest BCUT2D eigenvalue weighted by atomic mass is 9.86. The summed E-state index contributed by atoms with van der Waals surface area (Å²) in [5.41, 5.74) is 1.01. The zero-order valence-corrected chi connectivity index (χ0v) is 16.8. The average Bonchev–Trinajstić information content (AvgIpc) is 3.43. The van der Waals surface area contributed by atoms with Gasteiger partial charge in [-0.2, -0.15) is 13.2 Å². The highest BCUT2D eigenvalue weighted by Gasteiger charge is 2.43. The van der Waals surface area contributed by atoms with Gasteiger partial charge in [-0.1, -0.05) is 58.8 Å². The average molecular weight is 456 g/mol. The summed E-state index contributed by atoms with van der Waals surface area (Å²) in [5, 5.41) is 26.5. The Morgan fingerprint density at radius 2 is 1.67 bits per heavy atom. The third-order valence-corrected chi connectivity index (χ3v) is 5.59. The van der Waals surface area contributed by atoms with Gasteiger partial charge in [0.2, 0.25) is 0 Å². The summed E-state index contributed by atoms with van der Waals surface area (Å²) in [5.74, 6) is -1.91. The molecule has 0 aliphatic heterocycles. The van der Waals surface area contributed by atoms with Crippen LogP contribution in [-0.4, -0.2) is 26.5 Å². The van der Waals surface area contributed by atoms with Gasteiger partial charge in [0.15, 0.2) is 23.3 Å². The maximum atomic E-state index is 14.0. The van der Waals surface area contributed by atoms with Crippen LogP contribution in [0.25, 0.3) is 34.0 Å². The first-order chi connectivity index (χ1) is 15.8. The lowest BCUT2D eigenvalue weighted by Crippen LogP contribution is -2.12. The Morgan fingerprint density at radius 3 is 2.36 bits per heavy atom. The van der Waals surface area contributed by atoms with Crippen LogP contribution in [0.4, 0.5) is 13.2 Å². The summed E-state index contributed by atoms with van der Waals surface area (Å²) in [6.07, 6.45) is -5.75. The molecular weight excluding hydrogens is 441 g/mol. The maximum absolute atomic E-state index is 14.0. The third kappa shape index (κ3) is 3.48. The number of rotatable bonds is 4. The minimum absolute atomic E-state index is 0.122. The molecule has 4 aromatic rings. The molecule has 1 aliphatic carbocycles. The zero-order chi connectivity index (χ0) is 23.3. The number of benzene rings is 2. The van der Waals surface area contributed by atoms with E-state index in [1.165, 1.54) is 18.2 Å². The van der Waals surface area contributed by atoms with Gasteiger partial charge in [0.25, 0.3) is 0 Å². The van der Waals surface area contributed by atoms with Crippen molar-refractivity contribution in [2.75, 3.05) is 0 Å². The first-order valence-electron chi connectivity index (χ1n) is 9.91. The number of carbonyl (C=O) groups is 1. The molecule has 0 saturated carbocycles. The molecule has 0 fully saturated rings. The van der Waals surface area contributed by atoms with Crippen molar-refractivity contribution < 1.29 is 37.2 Å². The van der Waals surface area contributed by atoms with Gasteiger partial charge in [-0.3, -0.25) is 0 Å².